The van der Waals surface area contributed by atoms with Crippen molar-refractivity contribution >= 4 is 17.8 Å². The predicted molar refractivity (Wildman–Crippen MR) is 59.1 cm³/mol. The third kappa shape index (κ3) is 5.30. The number of aliphatic carboxylic acids is 1. The first-order valence-electron chi connectivity index (χ1n) is 5.49. The minimum absolute atomic E-state index is 0.00836. The molecule has 0 saturated carbocycles. The van der Waals surface area contributed by atoms with Crippen LogP contribution in [0.3, 0.4) is 0 Å². The number of rotatable bonds is 5. The maximum absolute atomic E-state index is 11.2. The molecule has 1 heterocycles. The number of hydrogen-bond acceptors (Lipinski definition) is 4. The van der Waals surface area contributed by atoms with Gasteiger partial charge in [0, 0.05) is 19.1 Å². The van der Waals surface area contributed by atoms with Crippen LogP contribution in [-0.4, -0.2) is 53.5 Å². The zero-order chi connectivity index (χ0) is 12.8. The van der Waals surface area contributed by atoms with E-state index in [0.29, 0.717) is 25.9 Å². The van der Waals surface area contributed by atoms with Crippen molar-refractivity contribution in [3.63, 3.8) is 0 Å². The Hall–Kier alpha value is -1.63. The molecule has 0 atom stereocenters. The van der Waals surface area contributed by atoms with E-state index in [1.165, 1.54) is 0 Å². The Balaban J connectivity index is 2.25. The quantitative estimate of drug-likeness (QED) is 0.510. The number of nitrogens with zero attached hydrogens (tertiary/aromatic N) is 1. The molecule has 1 aliphatic heterocycles. The van der Waals surface area contributed by atoms with Crippen molar-refractivity contribution in [2.45, 2.75) is 25.3 Å². The van der Waals surface area contributed by atoms with Crippen molar-refractivity contribution in [1.82, 2.24) is 10.2 Å². The summed E-state index contributed by atoms with van der Waals surface area (Å²) in [6, 6.07) is -0.00836. The molecule has 1 aliphatic rings. The van der Waals surface area contributed by atoms with Crippen LogP contribution in [0.4, 0.5) is 0 Å². The first-order valence-corrected chi connectivity index (χ1v) is 5.49. The molecule has 0 bridgehead atoms. The second-order valence-electron chi connectivity index (χ2n) is 4.15. The van der Waals surface area contributed by atoms with Gasteiger partial charge in [-0.2, -0.15) is 0 Å². The number of amides is 2. The van der Waals surface area contributed by atoms with Crippen molar-refractivity contribution in [3.05, 3.63) is 0 Å². The topological polar surface area (TPSA) is 113 Å². The molecule has 2 amide bonds. The average molecular weight is 243 g/mol. The minimum Gasteiger partial charge on any atom is -0.481 e. The lowest BCUT2D eigenvalue weighted by molar-refractivity contribution is -0.141. The molecule has 0 aromatic rings. The lowest BCUT2D eigenvalue weighted by Gasteiger charge is -2.31. The van der Waals surface area contributed by atoms with Gasteiger partial charge in [0.15, 0.2) is 0 Å². The molecule has 0 radical (unpaired) electrons. The number of carbonyl (C=O) groups is 3. The number of carboxylic acids is 1. The Labute approximate surface area is 98.9 Å². The number of primary amides is 1. The van der Waals surface area contributed by atoms with Crippen molar-refractivity contribution in [2.24, 2.45) is 5.73 Å². The van der Waals surface area contributed by atoms with E-state index < -0.39 is 18.3 Å². The lowest BCUT2D eigenvalue weighted by Crippen LogP contribution is -2.47. The number of hydrogen-bond donors (Lipinski definition) is 3. The van der Waals surface area contributed by atoms with Crippen LogP contribution in [-0.2, 0) is 14.4 Å². The summed E-state index contributed by atoms with van der Waals surface area (Å²) in [6.45, 7) is 1.59. The van der Waals surface area contributed by atoms with E-state index in [1.54, 1.807) is 0 Å². The highest BCUT2D eigenvalue weighted by Gasteiger charge is 2.21. The number of nitrogens with one attached hydrogen (secondary N) is 1. The Morgan fingerprint density at radius 3 is 2.35 bits per heavy atom. The summed E-state index contributed by atoms with van der Waals surface area (Å²) in [5.41, 5.74) is 5.08. The Morgan fingerprint density at radius 1 is 1.29 bits per heavy atom. The van der Waals surface area contributed by atoms with Gasteiger partial charge < -0.3 is 16.2 Å². The van der Waals surface area contributed by atoms with Gasteiger partial charge in [-0.3, -0.25) is 19.3 Å². The standard InChI is InChI=1S/C10H17N3O4/c11-8(14)6-13-3-1-7(2-4-13)12-9(15)5-10(16)17/h7H,1-6H2,(H2,11,14)(H,12,15)(H,16,17). The fourth-order valence-corrected chi connectivity index (χ4v) is 1.87. The Kier molecular flexibility index (Phi) is 4.89. The number of likely N-dealkylation sites (tertiary alicyclic amines) is 1. The van der Waals surface area contributed by atoms with Crippen molar-refractivity contribution in [3.8, 4) is 0 Å². The van der Waals surface area contributed by atoms with Crippen LogP contribution in [0, 0.1) is 0 Å². The molecule has 4 N–H and O–H groups in total. The van der Waals surface area contributed by atoms with Gasteiger partial charge in [0.05, 0.1) is 6.54 Å². The molecule has 7 heteroatoms. The van der Waals surface area contributed by atoms with E-state index in [1.807, 2.05) is 4.90 Å². The Bertz CT molecular complexity index is 311. The summed E-state index contributed by atoms with van der Waals surface area (Å²) < 4.78 is 0. The molecule has 1 saturated heterocycles. The first kappa shape index (κ1) is 13.4. The zero-order valence-electron chi connectivity index (χ0n) is 9.52. The van der Waals surface area contributed by atoms with E-state index in [9.17, 15) is 14.4 Å². The summed E-state index contributed by atoms with van der Waals surface area (Å²) in [5, 5.41) is 11.1. The largest absolute Gasteiger partial charge is 0.481 e. The summed E-state index contributed by atoms with van der Waals surface area (Å²) in [5.74, 6) is -1.96. The van der Waals surface area contributed by atoms with Crippen LogP contribution in [0.2, 0.25) is 0 Å². The van der Waals surface area contributed by atoms with Gasteiger partial charge in [0.1, 0.15) is 6.42 Å². The van der Waals surface area contributed by atoms with Crippen molar-refractivity contribution in [2.75, 3.05) is 19.6 Å². The summed E-state index contributed by atoms with van der Waals surface area (Å²) >= 11 is 0. The number of carbonyl (C=O) groups excluding carboxylic acids is 2. The van der Waals surface area contributed by atoms with E-state index in [0.717, 1.165) is 0 Å². The zero-order valence-corrected chi connectivity index (χ0v) is 9.52. The molecule has 17 heavy (non-hydrogen) atoms. The molecule has 0 aliphatic carbocycles. The van der Waals surface area contributed by atoms with Gasteiger partial charge in [0.25, 0.3) is 0 Å². The molecule has 0 aromatic heterocycles. The van der Waals surface area contributed by atoms with Crippen molar-refractivity contribution < 1.29 is 19.5 Å². The smallest absolute Gasteiger partial charge is 0.312 e. The van der Waals surface area contributed by atoms with E-state index in [4.69, 9.17) is 10.8 Å². The molecule has 1 fully saturated rings. The van der Waals surface area contributed by atoms with Gasteiger partial charge in [0.2, 0.25) is 11.8 Å². The molecular weight excluding hydrogens is 226 g/mol. The third-order valence-electron chi connectivity index (χ3n) is 2.64. The number of piperidine rings is 1. The second kappa shape index (κ2) is 6.19. The SMILES string of the molecule is NC(=O)CN1CCC(NC(=O)CC(=O)O)CC1. The molecule has 7 nitrogen and oxygen atoms in total. The highest BCUT2D eigenvalue weighted by atomic mass is 16.4. The molecule has 96 valence electrons. The number of carboxylic acid groups (broad SMARTS) is 1. The van der Waals surface area contributed by atoms with Crippen LogP contribution < -0.4 is 11.1 Å². The van der Waals surface area contributed by atoms with Crippen LogP contribution >= 0.6 is 0 Å². The van der Waals surface area contributed by atoms with Gasteiger partial charge in [-0.25, -0.2) is 0 Å². The van der Waals surface area contributed by atoms with Crippen molar-refractivity contribution in [1.29, 1.82) is 0 Å². The molecule has 0 spiro atoms. The maximum Gasteiger partial charge on any atom is 0.312 e. The minimum atomic E-state index is -1.13. The highest BCUT2D eigenvalue weighted by Crippen LogP contribution is 2.09. The third-order valence-corrected chi connectivity index (χ3v) is 2.64. The molecular formula is C10H17N3O4. The van der Waals surface area contributed by atoms with Crippen LogP contribution in [0.25, 0.3) is 0 Å². The predicted octanol–water partition coefficient (Wildman–Crippen LogP) is -1.47. The Morgan fingerprint density at radius 2 is 1.88 bits per heavy atom. The van der Waals surface area contributed by atoms with Gasteiger partial charge in [-0.05, 0) is 12.8 Å². The highest BCUT2D eigenvalue weighted by molar-refractivity contribution is 5.93. The first-order chi connectivity index (χ1) is 7.97. The van der Waals surface area contributed by atoms with E-state index >= 15 is 0 Å². The molecule has 1 rings (SSSR count). The molecule has 0 aromatic carbocycles. The van der Waals surface area contributed by atoms with Crippen LogP contribution in [0.1, 0.15) is 19.3 Å². The van der Waals surface area contributed by atoms with E-state index in [2.05, 4.69) is 5.32 Å². The monoisotopic (exact) mass is 243 g/mol. The fourth-order valence-electron chi connectivity index (χ4n) is 1.87. The summed E-state index contributed by atoms with van der Waals surface area (Å²) in [4.78, 5) is 34.1. The summed E-state index contributed by atoms with van der Waals surface area (Å²) in [7, 11) is 0. The lowest BCUT2D eigenvalue weighted by atomic mass is 10.0. The van der Waals surface area contributed by atoms with Crippen LogP contribution in [0.5, 0.6) is 0 Å². The normalized spacial score (nSPS) is 17.6. The molecule has 0 unspecified atom stereocenters. The van der Waals surface area contributed by atoms with Gasteiger partial charge in [-0.15, -0.1) is 0 Å². The average Bonchev–Trinajstić information content (AvgIpc) is 2.18. The van der Waals surface area contributed by atoms with Gasteiger partial charge in [-0.1, -0.05) is 0 Å². The second-order valence-corrected chi connectivity index (χ2v) is 4.15. The maximum atomic E-state index is 11.2. The summed E-state index contributed by atoms with van der Waals surface area (Å²) in [6.07, 6.45) is 0.915. The van der Waals surface area contributed by atoms with Crippen LogP contribution in [0.15, 0.2) is 0 Å². The fraction of sp³-hybridized carbons (Fsp3) is 0.700. The van der Waals surface area contributed by atoms with Gasteiger partial charge >= 0.3 is 5.97 Å². The van der Waals surface area contributed by atoms with E-state index in [-0.39, 0.29) is 18.5 Å². The number of nitrogens with two attached hydrogens (primary N) is 1.